The van der Waals surface area contributed by atoms with E-state index in [4.69, 9.17) is 0 Å². The van der Waals surface area contributed by atoms with Gasteiger partial charge in [0.15, 0.2) is 12.4 Å². The third kappa shape index (κ3) is 1.22. The van der Waals surface area contributed by atoms with Crippen LogP contribution in [0.15, 0.2) is 36.7 Å². The first-order chi connectivity index (χ1) is 7.24. The molecule has 1 N–H and O–H groups in total. The summed E-state index contributed by atoms with van der Waals surface area (Å²) in [4.78, 5) is 3.42. The van der Waals surface area contributed by atoms with Crippen LogP contribution in [0.5, 0.6) is 0 Å². The maximum atomic E-state index is 3.42. The Hall–Kier alpha value is -1.83. The molecule has 0 spiro atoms. The second-order valence-electron chi connectivity index (χ2n) is 4.11. The summed E-state index contributed by atoms with van der Waals surface area (Å²) in [5.41, 5.74) is 3.71. The van der Waals surface area contributed by atoms with Crippen LogP contribution in [-0.2, 0) is 7.05 Å². The van der Waals surface area contributed by atoms with Gasteiger partial charge >= 0.3 is 0 Å². The Kier molecular flexibility index (Phi) is 1.60. The fourth-order valence-corrected chi connectivity index (χ4v) is 2.06. The number of hydrogen-bond donors (Lipinski definition) is 1. The zero-order chi connectivity index (χ0) is 10.4. The second-order valence-corrected chi connectivity index (χ2v) is 4.11. The van der Waals surface area contributed by atoms with E-state index in [2.05, 4.69) is 53.1 Å². The van der Waals surface area contributed by atoms with Gasteiger partial charge in [0.05, 0.1) is 10.9 Å². The molecule has 0 unspecified atom stereocenters. The van der Waals surface area contributed by atoms with Crippen LogP contribution in [0.2, 0.25) is 0 Å². The standard InChI is InChI=1S/C13H12N2/c1-9-3-4-12-10(7-9)11-8-15(2)6-5-13(11)14-12/h3-8H,1-2H3/p+1. The normalized spacial score (nSPS) is 11.3. The molecular formula is C13H13N2+. The van der Waals surface area contributed by atoms with Crippen LogP contribution in [-0.4, -0.2) is 4.98 Å². The molecule has 0 bridgehead atoms. The Bertz CT molecular complexity index is 594. The number of pyridine rings is 1. The largest absolute Gasteiger partial charge is 0.354 e. The molecule has 0 fully saturated rings. The van der Waals surface area contributed by atoms with Crippen molar-refractivity contribution in [2.24, 2.45) is 7.05 Å². The van der Waals surface area contributed by atoms with E-state index in [0.29, 0.717) is 0 Å². The number of aryl methyl sites for hydroxylation is 2. The second kappa shape index (κ2) is 2.83. The lowest BCUT2D eigenvalue weighted by atomic mass is 10.1. The summed E-state index contributed by atoms with van der Waals surface area (Å²) in [7, 11) is 2.05. The predicted molar refractivity (Wildman–Crippen MR) is 61.7 cm³/mol. The van der Waals surface area contributed by atoms with E-state index in [1.165, 1.54) is 27.4 Å². The van der Waals surface area contributed by atoms with Crippen LogP contribution in [0.25, 0.3) is 21.8 Å². The number of nitrogens with zero attached hydrogens (tertiary/aromatic N) is 1. The summed E-state index contributed by atoms with van der Waals surface area (Å²) in [5, 5.41) is 2.60. The average Bonchev–Trinajstić information content (AvgIpc) is 2.56. The van der Waals surface area contributed by atoms with E-state index in [1.807, 2.05) is 7.05 Å². The van der Waals surface area contributed by atoms with E-state index in [1.54, 1.807) is 0 Å². The Morgan fingerprint density at radius 2 is 1.87 bits per heavy atom. The predicted octanol–water partition coefficient (Wildman–Crippen LogP) is 2.45. The first kappa shape index (κ1) is 8.48. The van der Waals surface area contributed by atoms with Gasteiger partial charge in [0.25, 0.3) is 0 Å². The van der Waals surface area contributed by atoms with Crippen molar-refractivity contribution in [1.29, 1.82) is 0 Å². The highest BCUT2D eigenvalue weighted by Gasteiger charge is 2.06. The Labute approximate surface area is 88.2 Å². The van der Waals surface area contributed by atoms with Crippen LogP contribution in [0.1, 0.15) is 5.56 Å². The quantitative estimate of drug-likeness (QED) is 0.534. The fraction of sp³-hybridized carbons (Fsp3) is 0.154. The average molecular weight is 197 g/mol. The van der Waals surface area contributed by atoms with Gasteiger partial charge in [-0.2, -0.15) is 0 Å². The van der Waals surface area contributed by atoms with E-state index < -0.39 is 0 Å². The van der Waals surface area contributed by atoms with Crippen LogP contribution >= 0.6 is 0 Å². The lowest BCUT2D eigenvalue weighted by Crippen LogP contribution is -2.25. The number of fused-ring (bicyclic) bond motifs is 3. The van der Waals surface area contributed by atoms with Gasteiger partial charge in [-0.05, 0) is 19.1 Å². The number of rotatable bonds is 0. The highest BCUT2D eigenvalue weighted by atomic mass is 14.9. The number of aromatic nitrogens is 2. The number of hydrogen-bond acceptors (Lipinski definition) is 0. The minimum Gasteiger partial charge on any atom is -0.354 e. The summed E-state index contributed by atoms with van der Waals surface area (Å²) in [5.74, 6) is 0. The van der Waals surface area contributed by atoms with Crippen molar-refractivity contribution in [3.8, 4) is 0 Å². The van der Waals surface area contributed by atoms with Crippen molar-refractivity contribution < 1.29 is 4.57 Å². The molecule has 0 aliphatic carbocycles. The molecule has 2 heterocycles. The van der Waals surface area contributed by atoms with Crippen LogP contribution in [0, 0.1) is 6.92 Å². The van der Waals surface area contributed by atoms with Gasteiger partial charge in [0, 0.05) is 17.0 Å². The Morgan fingerprint density at radius 3 is 2.73 bits per heavy atom. The molecule has 2 nitrogen and oxygen atoms in total. The van der Waals surface area contributed by atoms with Gasteiger partial charge in [-0.15, -0.1) is 0 Å². The van der Waals surface area contributed by atoms with Crippen LogP contribution in [0.4, 0.5) is 0 Å². The van der Waals surface area contributed by atoms with Crippen molar-refractivity contribution in [3.05, 3.63) is 42.2 Å². The van der Waals surface area contributed by atoms with Gasteiger partial charge in [-0.25, -0.2) is 4.57 Å². The van der Waals surface area contributed by atoms with E-state index in [-0.39, 0.29) is 0 Å². The van der Waals surface area contributed by atoms with Crippen molar-refractivity contribution in [3.63, 3.8) is 0 Å². The molecule has 0 radical (unpaired) electrons. The van der Waals surface area contributed by atoms with Crippen LogP contribution < -0.4 is 4.57 Å². The molecule has 2 aromatic heterocycles. The molecule has 0 amide bonds. The third-order valence-corrected chi connectivity index (χ3v) is 2.83. The molecule has 1 aromatic carbocycles. The molecule has 0 saturated heterocycles. The Morgan fingerprint density at radius 1 is 1.07 bits per heavy atom. The summed E-state index contributed by atoms with van der Waals surface area (Å²) < 4.78 is 2.08. The highest BCUT2D eigenvalue weighted by Crippen LogP contribution is 2.24. The van der Waals surface area contributed by atoms with Gasteiger partial charge in [-0.3, -0.25) is 0 Å². The molecule has 74 valence electrons. The van der Waals surface area contributed by atoms with Crippen molar-refractivity contribution in [2.45, 2.75) is 6.92 Å². The summed E-state index contributed by atoms with van der Waals surface area (Å²) in [6.07, 6.45) is 4.22. The molecule has 3 rings (SSSR count). The first-order valence-electron chi connectivity index (χ1n) is 5.11. The molecule has 2 heteroatoms. The van der Waals surface area contributed by atoms with Crippen molar-refractivity contribution in [2.75, 3.05) is 0 Å². The van der Waals surface area contributed by atoms with Gasteiger partial charge in [0.2, 0.25) is 0 Å². The number of nitrogens with one attached hydrogen (secondary N) is 1. The van der Waals surface area contributed by atoms with E-state index in [9.17, 15) is 0 Å². The van der Waals surface area contributed by atoms with Gasteiger partial charge < -0.3 is 4.98 Å². The van der Waals surface area contributed by atoms with Crippen molar-refractivity contribution >= 4 is 21.8 Å². The number of aromatic amines is 1. The van der Waals surface area contributed by atoms with Gasteiger partial charge in [-0.1, -0.05) is 11.6 Å². The first-order valence-corrected chi connectivity index (χ1v) is 5.11. The zero-order valence-electron chi connectivity index (χ0n) is 8.91. The molecule has 15 heavy (non-hydrogen) atoms. The third-order valence-electron chi connectivity index (χ3n) is 2.83. The number of benzene rings is 1. The number of H-pyrrole nitrogens is 1. The zero-order valence-corrected chi connectivity index (χ0v) is 8.91. The Balaban J connectivity index is 2.55. The highest BCUT2D eigenvalue weighted by molar-refractivity contribution is 6.06. The maximum absolute atomic E-state index is 3.42. The lowest BCUT2D eigenvalue weighted by molar-refractivity contribution is -0.670. The van der Waals surface area contributed by atoms with Crippen LogP contribution in [0.3, 0.4) is 0 Å². The topological polar surface area (TPSA) is 19.7 Å². The molecular weight excluding hydrogens is 184 g/mol. The fourth-order valence-electron chi connectivity index (χ4n) is 2.06. The molecule has 0 aliphatic heterocycles. The maximum Gasteiger partial charge on any atom is 0.178 e. The summed E-state index contributed by atoms with van der Waals surface area (Å²) in [6, 6.07) is 8.63. The minimum atomic E-state index is 1.20. The summed E-state index contributed by atoms with van der Waals surface area (Å²) >= 11 is 0. The molecule has 0 atom stereocenters. The molecule has 3 aromatic rings. The SMILES string of the molecule is Cc1ccc2[nH]c3cc[n+](C)cc3c2c1. The lowest BCUT2D eigenvalue weighted by Gasteiger charge is -1.92. The summed E-state index contributed by atoms with van der Waals surface area (Å²) in [6.45, 7) is 2.13. The van der Waals surface area contributed by atoms with E-state index in [0.717, 1.165) is 0 Å². The minimum absolute atomic E-state index is 1.20. The molecule has 0 saturated carbocycles. The van der Waals surface area contributed by atoms with Crippen molar-refractivity contribution in [1.82, 2.24) is 4.98 Å². The molecule has 0 aliphatic rings. The monoisotopic (exact) mass is 197 g/mol. The smallest absolute Gasteiger partial charge is 0.178 e. The van der Waals surface area contributed by atoms with Gasteiger partial charge in [0.1, 0.15) is 7.05 Å². The van der Waals surface area contributed by atoms with E-state index >= 15 is 0 Å².